The average molecular weight is 390 g/mol. The van der Waals surface area contributed by atoms with E-state index >= 15 is 0 Å². The van der Waals surface area contributed by atoms with Crippen molar-refractivity contribution in [3.8, 4) is 35.5 Å². The molecule has 0 radical (unpaired) electrons. The molecule has 0 fully saturated rings. The second-order valence-electron chi connectivity index (χ2n) is 7.07. The molecule has 0 bridgehead atoms. The van der Waals surface area contributed by atoms with Gasteiger partial charge in [-0.1, -0.05) is 6.08 Å². The van der Waals surface area contributed by atoms with Crippen LogP contribution in [0.1, 0.15) is 30.7 Å². The summed E-state index contributed by atoms with van der Waals surface area (Å²) < 4.78 is 16.3. The summed E-state index contributed by atoms with van der Waals surface area (Å²) in [6, 6.07) is 9.90. The van der Waals surface area contributed by atoms with E-state index < -0.39 is 11.3 Å². The number of hydrogen-bond donors (Lipinski definition) is 1. The Morgan fingerprint density at radius 3 is 2.14 bits per heavy atom. The number of methoxy groups -OCH3 is 3. The Morgan fingerprint density at radius 1 is 1.03 bits per heavy atom. The molecule has 0 heterocycles. The van der Waals surface area contributed by atoms with Crippen molar-refractivity contribution < 1.29 is 14.2 Å². The smallest absolute Gasteiger partial charge is 0.203 e. The molecule has 148 valence electrons. The Bertz CT molecular complexity index is 981. The van der Waals surface area contributed by atoms with Gasteiger partial charge < -0.3 is 19.9 Å². The second-order valence-corrected chi connectivity index (χ2v) is 7.07. The van der Waals surface area contributed by atoms with Crippen LogP contribution in [0.2, 0.25) is 0 Å². The van der Waals surface area contributed by atoms with Crippen LogP contribution in [0.25, 0.3) is 0 Å². The van der Waals surface area contributed by atoms with Gasteiger partial charge in [-0.05, 0) is 48.4 Å². The maximum Gasteiger partial charge on any atom is 0.203 e. The Kier molecular flexibility index (Phi) is 5.39. The molecule has 29 heavy (non-hydrogen) atoms. The van der Waals surface area contributed by atoms with Gasteiger partial charge >= 0.3 is 0 Å². The summed E-state index contributed by atoms with van der Waals surface area (Å²) in [4.78, 5) is 0. The molecule has 1 aromatic carbocycles. The first-order valence-electron chi connectivity index (χ1n) is 9.26. The molecule has 1 aromatic rings. The predicted molar refractivity (Wildman–Crippen MR) is 105 cm³/mol. The van der Waals surface area contributed by atoms with Gasteiger partial charge in [0, 0.05) is 5.92 Å². The molecule has 0 amide bonds. The predicted octanol–water partition coefficient (Wildman–Crippen LogP) is 3.31. The van der Waals surface area contributed by atoms with Crippen molar-refractivity contribution in [1.82, 2.24) is 0 Å². The molecule has 7 nitrogen and oxygen atoms in total. The zero-order valence-electron chi connectivity index (χ0n) is 16.7. The summed E-state index contributed by atoms with van der Waals surface area (Å²) in [5.41, 5.74) is 6.39. The number of hydrogen-bond acceptors (Lipinski definition) is 7. The lowest BCUT2D eigenvalue weighted by Crippen LogP contribution is -2.42. The summed E-state index contributed by atoms with van der Waals surface area (Å²) in [7, 11) is 4.53. The standard InChI is InChI=1S/C22H22N4O3/c1-27-17-8-13(9-18(28-2)20(17)29-3)19-15-7-5-4-6-14(15)16(10-23)21(26)22(19,11-24)12-25/h6,8-9,15,19H,4-5,7,26H2,1-3H3. The minimum absolute atomic E-state index is 0.00755. The molecule has 0 saturated heterocycles. The average Bonchev–Trinajstić information content (AvgIpc) is 2.77. The number of nitrogens with zero attached hydrogens (tertiary/aromatic N) is 3. The van der Waals surface area contributed by atoms with Crippen molar-refractivity contribution in [1.29, 1.82) is 15.8 Å². The van der Waals surface area contributed by atoms with Crippen molar-refractivity contribution in [3.63, 3.8) is 0 Å². The third-order valence-corrected chi connectivity index (χ3v) is 5.85. The largest absolute Gasteiger partial charge is 0.493 e. The molecule has 7 heteroatoms. The first-order chi connectivity index (χ1) is 14.0. The van der Waals surface area contributed by atoms with Crippen LogP contribution >= 0.6 is 0 Å². The van der Waals surface area contributed by atoms with Gasteiger partial charge in [-0.3, -0.25) is 0 Å². The lowest BCUT2D eigenvalue weighted by atomic mass is 9.56. The molecule has 2 unspecified atom stereocenters. The summed E-state index contributed by atoms with van der Waals surface area (Å²) in [5, 5.41) is 29.9. The summed E-state index contributed by atoms with van der Waals surface area (Å²) >= 11 is 0. The Labute approximate surface area is 170 Å². The van der Waals surface area contributed by atoms with E-state index in [2.05, 4.69) is 18.2 Å². The van der Waals surface area contributed by atoms with E-state index in [1.54, 1.807) is 12.1 Å². The number of fused-ring (bicyclic) bond motifs is 1. The van der Waals surface area contributed by atoms with Crippen LogP contribution in [-0.4, -0.2) is 21.3 Å². The summed E-state index contributed by atoms with van der Waals surface area (Å²) in [5.74, 6) is 0.528. The lowest BCUT2D eigenvalue weighted by molar-refractivity contribution is 0.305. The number of nitrogens with two attached hydrogens (primary N) is 1. The summed E-state index contributed by atoms with van der Waals surface area (Å²) in [6.45, 7) is 0. The molecule has 0 aliphatic heterocycles. The van der Waals surface area contributed by atoms with Gasteiger partial charge in [0.15, 0.2) is 16.9 Å². The zero-order chi connectivity index (χ0) is 21.2. The van der Waals surface area contributed by atoms with Crippen molar-refractivity contribution in [2.75, 3.05) is 21.3 Å². The van der Waals surface area contributed by atoms with Crippen LogP contribution in [-0.2, 0) is 0 Å². The SMILES string of the molecule is COc1cc(C2C3CCCC=C3C(C#N)=C(N)C2(C#N)C#N)cc(OC)c1OC. The Hall–Kier alpha value is -3.63. The third-order valence-electron chi connectivity index (χ3n) is 5.85. The van der Waals surface area contributed by atoms with Gasteiger partial charge in [-0.25, -0.2) is 0 Å². The van der Waals surface area contributed by atoms with E-state index in [1.165, 1.54) is 21.3 Å². The first kappa shape index (κ1) is 20.1. The number of nitriles is 3. The lowest BCUT2D eigenvalue weighted by Gasteiger charge is -2.43. The molecular formula is C22H22N4O3. The minimum atomic E-state index is -1.67. The first-order valence-corrected chi connectivity index (χ1v) is 9.26. The number of allylic oxidation sites excluding steroid dienone is 4. The van der Waals surface area contributed by atoms with Crippen LogP contribution in [0, 0.1) is 45.3 Å². The van der Waals surface area contributed by atoms with Crippen molar-refractivity contribution in [2.45, 2.75) is 25.2 Å². The van der Waals surface area contributed by atoms with Crippen LogP contribution in [0.4, 0.5) is 0 Å². The van der Waals surface area contributed by atoms with Gasteiger partial charge in [0.2, 0.25) is 5.75 Å². The van der Waals surface area contributed by atoms with Crippen LogP contribution in [0.3, 0.4) is 0 Å². The molecule has 2 aliphatic rings. The number of ether oxygens (including phenoxy) is 3. The highest BCUT2D eigenvalue weighted by molar-refractivity contribution is 5.62. The fourth-order valence-electron chi connectivity index (χ4n) is 4.53. The monoisotopic (exact) mass is 390 g/mol. The highest BCUT2D eigenvalue weighted by Crippen LogP contribution is 2.57. The zero-order valence-corrected chi connectivity index (χ0v) is 16.7. The molecule has 2 atom stereocenters. The highest BCUT2D eigenvalue weighted by atomic mass is 16.5. The Morgan fingerprint density at radius 2 is 1.66 bits per heavy atom. The van der Waals surface area contributed by atoms with Crippen LogP contribution in [0.15, 0.2) is 35.1 Å². The van der Waals surface area contributed by atoms with Gasteiger partial charge in [0.25, 0.3) is 0 Å². The molecule has 0 spiro atoms. The maximum atomic E-state index is 10.1. The van der Waals surface area contributed by atoms with Crippen LogP contribution in [0.5, 0.6) is 17.2 Å². The number of rotatable bonds is 4. The molecule has 3 rings (SSSR count). The highest BCUT2D eigenvalue weighted by Gasteiger charge is 2.54. The van der Waals surface area contributed by atoms with Crippen molar-refractivity contribution >= 4 is 0 Å². The topological polar surface area (TPSA) is 125 Å². The van der Waals surface area contributed by atoms with E-state index in [1.807, 2.05) is 6.08 Å². The number of benzene rings is 1. The van der Waals surface area contributed by atoms with Crippen molar-refractivity contribution in [2.24, 2.45) is 17.1 Å². The van der Waals surface area contributed by atoms with Crippen LogP contribution < -0.4 is 19.9 Å². The molecule has 2 N–H and O–H groups in total. The third kappa shape index (κ3) is 2.85. The fraction of sp³-hybridized carbons (Fsp3) is 0.409. The van der Waals surface area contributed by atoms with E-state index in [4.69, 9.17) is 19.9 Å². The minimum Gasteiger partial charge on any atom is -0.493 e. The normalized spacial score (nSPS) is 22.3. The van der Waals surface area contributed by atoms with Crippen molar-refractivity contribution in [3.05, 3.63) is 40.6 Å². The fourth-order valence-corrected chi connectivity index (χ4v) is 4.53. The molecule has 0 aromatic heterocycles. The molecule has 0 saturated carbocycles. The summed E-state index contributed by atoms with van der Waals surface area (Å²) in [6.07, 6.45) is 4.49. The van der Waals surface area contributed by atoms with Gasteiger partial charge in [-0.2, -0.15) is 15.8 Å². The second kappa shape index (κ2) is 7.78. The van der Waals surface area contributed by atoms with Gasteiger partial charge in [0.05, 0.1) is 44.7 Å². The van der Waals surface area contributed by atoms with E-state index in [-0.39, 0.29) is 17.2 Å². The molecular weight excluding hydrogens is 368 g/mol. The van der Waals surface area contributed by atoms with E-state index in [0.717, 1.165) is 24.8 Å². The Balaban J connectivity index is 2.36. The quantitative estimate of drug-likeness (QED) is 0.836. The van der Waals surface area contributed by atoms with Gasteiger partial charge in [0.1, 0.15) is 6.07 Å². The molecule has 2 aliphatic carbocycles. The van der Waals surface area contributed by atoms with E-state index in [0.29, 0.717) is 22.8 Å². The van der Waals surface area contributed by atoms with Gasteiger partial charge in [-0.15, -0.1) is 0 Å². The van der Waals surface area contributed by atoms with E-state index in [9.17, 15) is 15.8 Å². The maximum absolute atomic E-state index is 10.1.